The van der Waals surface area contributed by atoms with E-state index >= 15 is 0 Å². The van der Waals surface area contributed by atoms with E-state index in [2.05, 4.69) is 20.9 Å². The first-order valence-corrected chi connectivity index (χ1v) is 7.84. The molecule has 132 valence electrons. The highest BCUT2D eigenvalue weighted by molar-refractivity contribution is 5.85. The molecule has 0 atom stereocenters. The number of hydrogen-bond acceptors (Lipinski definition) is 4. The van der Waals surface area contributed by atoms with E-state index in [0.29, 0.717) is 13.1 Å². The molecule has 0 bridgehead atoms. The fourth-order valence-corrected chi connectivity index (χ4v) is 3.42. The fourth-order valence-electron chi connectivity index (χ4n) is 3.42. The number of para-hydroxylation sites is 2. The average Bonchev–Trinajstić information content (AvgIpc) is 3.08. The zero-order chi connectivity index (χ0) is 15.0. The van der Waals surface area contributed by atoms with Crippen molar-refractivity contribution >= 4 is 41.9 Å². The number of nitrogens with one attached hydrogen (secondary N) is 1. The third kappa shape index (κ3) is 3.45. The monoisotopic (exact) mass is 372 g/mol. The minimum absolute atomic E-state index is 0. The molecule has 2 aliphatic heterocycles. The van der Waals surface area contributed by atoms with E-state index < -0.39 is 0 Å². The molecule has 24 heavy (non-hydrogen) atoms. The van der Waals surface area contributed by atoms with Gasteiger partial charge in [-0.25, -0.2) is 9.78 Å². The zero-order valence-corrected chi connectivity index (χ0v) is 14.9. The summed E-state index contributed by atoms with van der Waals surface area (Å²) in [5.74, 6) is 0. The van der Waals surface area contributed by atoms with Gasteiger partial charge in [0.1, 0.15) is 5.60 Å². The van der Waals surface area contributed by atoms with Crippen LogP contribution in [0.3, 0.4) is 0 Å². The molecule has 1 N–H and O–H groups in total. The molecule has 1 amide bonds. The Hall–Kier alpha value is -1.50. The Morgan fingerprint density at radius 1 is 1.17 bits per heavy atom. The van der Waals surface area contributed by atoms with Gasteiger partial charge in [0.05, 0.1) is 23.9 Å². The second kappa shape index (κ2) is 7.59. The summed E-state index contributed by atoms with van der Waals surface area (Å²) in [6, 6.07) is 8.05. The summed E-state index contributed by atoms with van der Waals surface area (Å²) in [5.41, 5.74) is 1.83. The Balaban J connectivity index is 0.00000104. The first kappa shape index (κ1) is 18.8. The van der Waals surface area contributed by atoms with Crippen LogP contribution in [0.15, 0.2) is 30.6 Å². The Morgan fingerprint density at radius 3 is 2.71 bits per heavy atom. The molecule has 2 aromatic rings. The molecule has 8 heteroatoms. The lowest BCUT2D eigenvalue weighted by atomic mass is 9.92. The third-order valence-corrected chi connectivity index (χ3v) is 4.69. The number of carbonyl (C=O) groups is 1. The molecule has 0 saturated carbocycles. The van der Waals surface area contributed by atoms with Crippen molar-refractivity contribution in [2.24, 2.45) is 0 Å². The standard InChI is InChI=1S/C16H20N4O2.2ClH/c21-15-19(11-16(22-15)5-7-17-8-6-16)9-10-20-12-18-13-3-1-2-4-14(13)20;;/h1-4,12,17H,5-11H2;2*1H. The lowest BCUT2D eigenvalue weighted by Gasteiger charge is -2.31. The Morgan fingerprint density at radius 2 is 1.92 bits per heavy atom. The fraction of sp³-hybridized carbons (Fsp3) is 0.500. The molecule has 2 fully saturated rings. The number of piperidine rings is 1. The molecule has 0 unspecified atom stereocenters. The number of imidazole rings is 1. The largest absolute Gasteiger partial charge is 0.441 e. The molecule has 2 aliphatic rings. The van der Waals surface area contributed by atoms with Crippen LogP contribution in [0.5, 0.6) is 0 Å². The van der Waals surface area contributed by atoms with Crippen LogP contribution in [-0.2, 0) is 11.3 Å². The van der Waals surface area contributed by atoms with Crippen molar-refractivity contribution < 1.29 is 9.53 Å². The van der Waals surface area contributed by atoms with Gasteiger partial charge in [-0.15, -0.1) is 24.8 Å². The van der Waals surface area contributed by atoms with Gasteiger partial charge in [-0.2, -0.15) is 0 Å². The summed E-state index contributed by atoms with van der Waals surface area (Å²) in [6.07, 6.45) is 3.48. The number of carbonyl (C=O) groups excluding carboxylic acids is 1. The van der Waals surface area contributed by atoms with Crippen LogP contribution in [0.25, 0.3) is 11.0 Å². The Labute approximate surface area is 153 Å². The number of amides is 1. The lowest BCUT2D eigenvalue weighted by molar-refractivity contribution is 0.0316. The SMILES string of the molecule is Cl.Cl.O=C1OC2(CCNCC2)CN1CCn1cnc2ccccc21. The lowest BCUT2D eigenvalue weighted by Crippen LogP contribution is -2.45. The number of aromatic nitrogens is 2. The van der Waals surface area contributed by atoms with Crippen molar-refractivity contribution in [3.05, 3.63) is 30.6 Å². The molecule has 4 rings (SSSR count). The molecular formula is C16H22Cl2N4O2. The minimum atomic E-state index is -0.265. The van der Waals surface area contributed by atoms with Crippen molar-refractivity contribution in [1.82, 2.24) is 19.8 Å². The third-order valence-electron chi connectivity index (χ3n) is 4.69. The summed E-state index contributed by atoms with van der Waals surface area (Å²) in [6.45, 7) is 3.96. The van der Waals surface area contributed by atoms with Gasteiger partial charge in [-0.05, 0) is 25.2 Å². The number of fused-ring (bicyclic) bond motifs is 1. The topological polar surface area (TPSA) is 59.4 Å². The van der Waals surface area contributed by atoms with Crippen molar-refractivity contribution in [2.75, 3.05) is 26.2 Å². The Kier molecular flexibility index (Phi) is 5.96. The van der Waals surface area contributed by atoms with Crippen molar-refractivity contribution in [3.63, 3.8) is 0 Å². The smallest absolute Gasteiger partial charge is 0.410 e. The summed E-state index contributed by atoms with van der Waals surface area (Å²) in [7, 11) is 0. The summed E-state index contributed by atoms with van der Waals surface area (Å²) < 4.78 is 7.78. The van der Waals surface area contributed by atoms with E-state index in [9.17, 15) is 4.79 Å². The van der Waals surface area contributed by atoms with Gasteiger partial charge < -0.3 is 19.5 Å². The van der Waals surface area contributed by atoms with Gasteiger partial charge in [0.25, 0.3) is 0 Å². The Bertz CT molecular complexity index is 700. The quantitative estimate of drug-likeness (QED) is 0.898. The van der Waals surface area contributed by atoms with Gasteiger partial charge in [0, 0.05) is 25.9 Å². The zero-order valence-electron chi connectivity index (χ0n) is 13.3. The van der Waals surface area contributed by atoms with E-state index in [0.717, 1.165) is 43.5 Å². The maximum Gasteiger partial charge on any atom is 0.410 e. The highest BCUT2D eigenvalue weighted by Crippen LogP contribution is 2.31. The van der Waals surface area contributed by atoms with Gasteiger partial charge in [-0.1, -0.05) is 12.1 Å². The highest BCUT2D eigenvalue weighted by atomic mass is 35.5. The number of benzene rings is 1. The molecule has 1 spiro atoms. The summed E-state index contributed by atoms with van der Waals surface area (Å²) in [5, 5.41) is 3.32. The van der Waals surface area contributed by atoms with E-state index in [1.165, 1.54) is 0 Å². The second-order valence-electron chi connectivity index (χ2n) is 6.15. The summed E-state index contributed by atoms with van der Waals surface area (Å²) in [4.78, 5) is 18.3. The van der Waals surface area contributed by atoms with Gasteiger partial charge in [-0.3, -0.25) is 0 Å². The number of nitrogens with zero attached hydrogens (tertiary/aromatic N) is 3. The van der Waals surface area contributed by atoms with E-state index in [-0.39, 0.29) is 36.5 Å². The molecule has 1 aromatic heterocycles. The summed E-state index contributed by atoms with van der Waals surface area (Å²) >= 11 is 0. The van der Waals surface area contributed by atoms with Crippen molar-refractivity contribution in [3.8, 4) is 0 Å². The maximum atomic E-state index is 12.1. The van der Waals surface area contributed by atoms with E-state index in [4.69, 9.17) is 4.74 Å². The number of hydrogen-bond donors (Lipinski definition) is 1. The molecule has 0 radical (unpaired) electrons. The maximum absolute atomic E-state index is 12.1. The predicted molar refractivity (Wildman–Crippen MR) is 97.1 cm³/mol. The van der Waals surface area contributed by atoms with Crippen LogP contribution in [0.4, 0.5) is 4.79 Å². The van der Waals surface area contributed by atoms with Crippen molar-refractivity contribution in [1.29, 1.82) is 0 Å². The normalized spacial score (nSPS) is 19.0. The van der Waals surface area contributed by atoms with Gasteiger partial charge in [0.15, 0.2) is 0 Å². The highest BCUT2D eigenvalue weighted by Gasteiger charge is 2.45. The minimum Gasteiger partial charge on any atom is -0.441 e. The van der Waals surface area contributed by atoms with Gasteiger partial charge in [0.2, 0.25) is 0 Å². The molecule has 3 heterocycles. The molecule has 6 nitrogen and oxygen atoms in total. The van der Waals surface area contributed by atoms with E-state index in [1.54, 1.807) is 0 Å². The van der Waals surface area contributed by atoms with Crippen LogP contribution in [-0.4, -0.2) is 52.3 Å². The van der Waals surface area contributed by atoms with Crippen molar-refractivity contribution in [2.45, 2.75) is 25.0 Å². The van der Waals surface area contributed by atoms with Crippen LogP contribution in [0, 0.1) is 0 Å². The molecule has 0 aliphatic carbocycles. The van der Waals surface area contributed by atoms with Crippen LogP contribution in [0.2, 0.25) is 0 Å². The number of halogens is 2. The van der Waals surface area contributed by atoms with Crippen LogP contribution >= 0.6 is 24.8 Å². The first-order valence-electron chi connectivity index (χ1n) is 7.84. The molecule has 1 aromatic carbocycles. The first-order chi connectivity index (χ1) is 10.8. The van der Waals surface area contributed by atoms with E-state index in [1.807, 2.05) is 29.4 Å². The van der Waals surface area contributed by atoms with Gasteiger partial charge >= 0.3 is 6.09 Å². The van der Waals surface area contributed by atoms with Crippen LogP contribution < -0.4 is 5.32 Å². The molecule has 2 saturated heterocycles. The predicted octanol–water partition coefficient (Wildman–Crippen LogP) is 2.45. The molecular weight excluding hydrogens is 351 g/mol. The second-order valence-corrected chi connectivity index (χ2v) is 6.15. The number of ether oxygens (including phenoxy) is 1. The number of rotatable bonds is 3. The average molecular weight is 373 g/mol. The van der Waals surface area contributed by atoms with Crippen LogP contribution in [0.1, 0.15) is 12.8 Å².